The maximum Gasteiger partial charge on any atom is 0.249 e. The van der Waals surface area contributed by atoms with Crippen molar-refractivity contribution >= 4 is 27.3 Å². The predicted octanol–water partition coefficient (Wildman–Crippen LogP) is 1.17. The molecular formula is C16H17N5O4S. The molecule has 26 heavy (non-hydrogen) atoms. The fourth-order valence-electron chi connectivity index (χ4n) is 2.36. The van der Waals surface area contributed by atoms with Gasteiger partial charge in [-0.1, -0.05) is 0 Å². The van der Waals surface area contributed by atoms with E-state index in [1.807, 2.05) is 19.1 Å². The molecule has 1 N–H and O–H groups in total. The Bertz CT molecular complexity index is 1060. The van der Waals surface area contributed by atoms with Crippen LogP contribution in [0.2, 0.25) is 0 Å². The van der Waals surface area contributed by atoms with Gasteiger partial charge in [-0.05, 0) is 31.2 Å². The largest absolute Gasteiger partial charge is 0.478 e. The summed E-state index contributed by atoms with van der Waals surface area (Å²) in [5.74, 6) is -0.765. The Morgan fingerprint density at radius 1 is 1.31 bits per heavy atom. The second-order valence-electron chi connectivity index (χ2n) is 5.56. The number of fused-ring (bicyclic) bond motifs is 1. The van der Waals surface area contributed by atoms with E-state index in [-0.39, 0.29) is 5.95 Å². The smallest absolute Gasteiger partial charge is 0.249 e. The number of hydrogen-bond donors (Lipinski definition) is 1. The number of nitrogens with one attached hydrogen (secondary N) is 1. The number of rotatable bonds is 6. The number of nitrogens with zero attached hydrogens (tertiary/aromatic N) is 4. The molecule has 0 saturated heterocycles. The first-order chi connectivity index (χ1) is 12.4. The monoisotopic (exact) mass is 375 g/mol. The fourth-order valence-corrected chi connectivity index (χ4v) is 2.90. The topological polar surface area (TPSA) is 116 Å². The summed E-state index contributed by atoms with van der Waals surface area (Å²) in [6.07, 6.45) is 4.37. The van der Waals surface area contributed by atoms with Gasteiger partial charge in [0.25, 0.3) is 0 Å². The lowest BCUT2D eigenvalue weighted by Gasteiger charge is -2.08. The van der Waals surface area contributed by atoms with Crippen LogP contribution < -0.4 is 10.1 Å². The lowest BCUT2D eigenvalue weighted by molar-refractivity contribution is -0.113. The molecule has 0 fully saturated rings. The summed E-state index contributed by atoms with van der Waals surface area (Å²) in [6, 6.07) is 7.26. The van der Waals surface area contributed by atoms with E-state index in [0.717, 1.165) is 17.4 Å². The minimum atomic E-state index is -3.42. The van der Waals surface area contributed by atoms with Crippen LogP contribution in [0.5, 0.6) is 5.88 Å². The highest BCUT2D eigenvalue weighted by atomic mass is 32.2. The first kappa shape index (κ1) is 17.8. The van der Waals surface area contributed by atoms with Crippen molar-refractivity contribution in [1.82, 2.24) is 19.6 Å². The number of pyridine rings is 2. The van der Waals surface area contributed by atoms with Crippen molar-refractivity contribution in [2.45, 2.75) is 6.92 Å². The summed E-state index contributed by atoms with van der Waals surface area (Å²) in [4.78, 5) is 20.1. The number of sulfone groups is 1. The molecule has 1 amide bonds. The van der Waals surface area contributed by atoms with E-state index in [2.05, 4.69) is 20.4 Å². The molecule has 0 aliphatic heterocycles. The molecular weight excluding hydrogens is 358 g/mol. The first-order valence-electron chi connectivity index (χ1n) is 7.78. The lowest BCUT2D eigenvalue weighted by atomic mass is 10.1. The lowest BCUT2D eigenvalue weighted by Crippen LogP contribution is -2.22. The number of carbonyl (C=O) groups excluding carboxylic acids is 1. The van der Waals surface area contributed by atoms with Crippen LogP contribution in [0.3, 0.4) is 0 Å². The molecule has 3 aromatic heterocycles. The van der Waals surface area contributed by atoms with Gasteiger partial charge >= 0.3 is 0 Å². The van der Waals surface area contributed by atoms with E-state index in [1.165, 1.54) is 4.52 Å². The Hall–Kier alpha value is -3.01. The number of carbonyl (C=O) groups is 1. The van der Waals surface area contributed by atoms with Crippen molar-refractivity contribution in [1.29, 1.82) is 0 Å². The summed E-state index contributed by atoms with van der Waals surface area (Å²) in [6.45, 7) is 2.37. The summed E-state index contributed by atoms with van der Waals surface area (Å²) < 4.78 is 29.4. The van der Waals surface area contributed by atoms with Crippen molar-refractivity contribution in [3.63, 3.8) is 0 Å². The van der Waals surface area contributed by atoms with Gasteiger partial charge in [-0.15, -0.1) is 5.10 Å². The second kappa shape index (κ2) is 7.08. The zero-order chi connectivity index (χ0) is 18.7. The third kappa shape index (κ3) is 4.14. The fraction of sp³-hybridized carbons (Fsp3) is 0.250. The van der Waals surface area contributed by atoms with Gasteiger partial charge in [0.15, 0.2) is 15.5 Å². The molecule has 3 rings (SSSR count). The molecule has 3 heterocycles. The van der Waals surface area contributed by atoms with Crippen LogP contribution in [0.4, 0.5) is 5.95 Å². The Balaban J connectivity index is 1.90. The second-order valence-corrected chi connectivity index (χ2v) is 7.70. The van der Waals surface area contributed by atoms with Gasteiger partial charge < -0.3 is 4.74 Å². The standard InChI is InChI=1S/C16H17N5O4S/c1-3-25-15-12(5-4-8-17-15)11-6-7-13-18-16(20-21(13)9-11)19-14(22)10-26(2,23)24/h4-9H,3,10H2,1-2H3,(H,19,20,22). The van der Waals surface area contributed by atoms with Gasteiger partial charge in [0.2, 0.25) is 17.7 Å². The summed E-state index contributed by atoms with van der Waals surface area (Å²) in [5, 5.41) is 6.54. The SMILES string of the molecule is CCOc1ncccc1-c1ccc2nc(NC(=O)CS(C)(=O)=O)nn2c1. The zero-order valence-corrected chi connectivity index (χ0v) is 15.0. The Labute approximate surface area is 150 Å². The maximum absolute atomic E-state index is 11.7. The molecule has 0 aliphatic carbocycles. The van der Waals surface area contributed by atoms with E-state index in [9.17, 15) is 13.2 Å². The van der Waals surface area contributed by atoms with Gasteiger partial charge in [-0.2, -0.15) is 4.98 Å². The van der Waals surface area contributed by atoms with E-state index < -0.39 is 21.5 Å². The van der Waals surface area contributed by atoms with Crippen LogP contribution in [0, 0.1) is 0 Å². The molecule has 0 bridgehead atoms. The highest BCUT2D eigenvalue weighted by Crippen LogP contribution is 2.27. The van der Waals surface area contributed by atoms with E-state index >= 15 is 0 Å². The van der Waals surface area contributed by atoms with E-state index in [4.69, 9.17) is 4.74 Å². The molecule has 0 unspecified atom stereocenters. The van der Waals surface area contributed by atoms with Gasteiger partial charge in [0, 0.05) is 29.8 Å². The normalized spacial score (nSPS) is 11.5. The van der Waals surface area contributed by atoms with Crippen LogP contribution in [0.25, 0.3) is 16.8 Å². The summed E-state index contributed by atoms with van der Waals surface area (Å²) >= 11 is 0. The maximum atomic E-state index is 11.7. The van der Waals surface area contributed by atoms with Crippen molar-refractivity contribution in [2.75, 3.05) is 23.9 Å². The molecule has 0 saturated carbocycles. The number of ether oxygens (including phenoxy) is 1. The van der Waals surface area contributed by atoms with Crippen molar-refractivity contribution < 1.29 is 17.9 Å². The summed E-state index contributed by atoms with van der Waals surface area (Å²) in [7, 11) is -3.42. The molecule has 9 nitrogen and oxygen atoms in total. The number of anilines is 1. The minimum Gasteiger partial charge on any atom is -0.478 e. The highest BCUT2D eigenvalue weighted by molar-refractivity contribution is 7.91. The van der Waals surface area contributed by atoms with Crippen molar-refractivity contribution in [3.05, 3.63) is 36.7 Å². The van der Waals surface area contributed by atoms with E-state index in [1.54, 1.807) is 24.5 Å². The summed E-state index contributed by atoms with van der Waals surface area (Å²) in [5.41, 5.74) is 2.12. The van der Waals surface area contributed by atoms with Crippen molar-refractivity contribution in [3.8, 4) is 17.0 Å². The number of aromatic nitrogens is 4. The molecule has 136 valence electrons. The molecule has 0 spiro atoms. The average Bonchev–Trinajstić information content (AvgIpc) is 2.95. The quantitative estimate of drug-likeness (QED) is 0.687. The molecule has 0 radical (unpaired) electrons. The number of hydrogen-bond acceptors (Lipinski definition) is 7. The third-order valence-electron chi connectivity index (χ3n) is 3.34. The Kier molecular flexibility index (Phi) is 4.85. The van der Waals surface area contributed by atoms with E-state index in [0.29, 0.717) is 18.1 Å². The Morgan fingerprint density at radius 2 is 2.12 bits per heavy atom. The van der Waals surface area contributed by atoms with Crippen LogP contribution in [-0.4, -0.2) is 52.5 Å². The average molecular weight is 375 g/mol. The molecule has 0 aromatic carbocycles. The predicted molar refractivity (Wildman–Crippen MR) is 95.7 cm³/mol. The molecule has 0 atom stereocenters. The highest BCUT2D eigenvalue weighted by Gasteiger charge is 2.14. The van der Waals surface area contributed by atoms with Gasteiger partial charge in [0.1, 0.15) is 5.75 Å². The molecule has 0 aliphatic rings. The first-order valence-corrected chi connectivity index (χ1v) is 9.84. The Morgan fingerprint density at radius 3 is 2.85 bits per heavy atom. The number of amides is 1. The molecule has 3 aromatic rings. The van der Waals surface area contributed by atoms with Crippen LogP contribution in [-0.2, 0) is 14.6 Å². The van der Waals surface area contributed by atoms with Crippen LogP contribution in [0.1, 0.15) is 6.92 Å². The van der Waals surface area contributed by atoms with Gasteiger partial charge in [-0.25, -0.2) is 17.9 Å². The van der Waals surface area contributed by atoms with Gasteiger partial charge in [0.05, 0.1) is 6.61 Å². The molecule has 10 heteroatoms. The minimum absolute atomic E-state index is 0.0343. The van der Waals surface area contributed by atoms with Crippen LogP contribution in [0.15, 0.2) is 36.7 Å². The third-order valence-corrected chi connectivity index (χ3v) is 4.13. The zero-order valence-electron chi connectivity index (χ0n) is 14.2. The van der Waals surface area contributed by atoms with Gasteiger partial charge in [-0.3, -0.25) is 10.1 Å². The van der Waals surface area contributed by atoms with Crippen LogP contribution >= 0.6 is 0 Å². The van der Waals surface area contributed by atoms with Crippen molar-refractivity contribution in [2.24, 2.45) is 0 Å².